The Bertz CT molecular complexity index is 1220. The predicted octanol–water partition coefficient (Wildman–Crippen LogP) is 4.17. The van der Waals surface area contributed by atoms with Crippen LogP contribution in [0, 0.1) is 17.8 Å². The minimum atomic E-state index is -1.24. The molecule has 3 aliphatic heterocycles. The summed E-state index contributed by atoms with van der Waals surface area (Å²) in [7, 11) is -1.24. The van der Waals surface area contributed by atoms with Crippen LogP contribution in [-0.2, 0) is 14.3 Å². The zero-order valence-electron chi connectivity index (χ0n) is 19.9. The van der Waals surface area contributed by atoms with Crippen molar-refractivity contribution in [2.45, 2.75) is 53.3 Å². The molecule has 3 aliphatic rings. The normalized spacial score (nSPS) is 29.0. The molecular formula is C24H28BBrN2O6. The molecule has 5 atom stereocenters. The zero-order valence-corrected chi connectivity index (χ0v) is 21.5. The van der Waals surface area contributed by atoms with Crippen molar-refractivity contribution in [2.75, 3.05) is 6.79 Å². The molecule has 0 spiro atoms. The average molecular weight is 531 g/mol. The second kappa shape index (κ2) is 8.43. The molecule has 1 fully saturated rings. The smallest absolute Gasteiger partial charge is 0.419 e. The van der Waals surface area contributed by atoms with Gasteiger partial charge in [0, 0.05) is 29.1 Å². The Morgan fingerprint density at radius 2 is 1.76 bits per heavy atom. The van der Waals surface area contributed by atoms with Crippen LogP contribution in [0.2, 0.25) is 6.82 Å². The maximum atomic E-state index is 13.2. The predicted molar refractivity (Wildman–Crippen MR) is 131 cm³/mol. The van der Waals surface area contributed by atoms with E-state index in [2.05, 4.69) is 48.2 Å². The van der Waals surface area contributed by atoms with Gasteiger partial charge in [-0.2, -0.15) is 0 Å². The molecular weight excluding hydrogens is 503 g/mol. The van der Waals surface area contributed by atoms with E-state index in [1.165, 1.54) is 6.82 Å². The first-order valence-electron chi connectivity index (χ1n) is 11.7. The van der Waals surface area contributed by atoms with Crippen LogP contribution in [0.5, 0.6) is 11.5 Å². The van der Waals surface area contributed by atoms with Gasteiger partial charge >= 0.3 is 7.05 Å². The number of imide groups is 1. The topological polar surface area (TPSA) is 90.2 Å². The number of carbonyl (C=O) groups excluding carboxylic acids is 2. The van der Waals surface area contributed by atoms with Crippen molar-refractivity contribution >= 4 is 51.3 Å². The van der Waals surface area contributed by atoms with Crippen molar-refractivity contribution in [3.05, 3.63) is 28.4 Å². The number of fused-ring (bicyclic) bond motifs is 2. The quantitative estimate of drug-likeness (QED) is 0.471. The highest BCUT2D eigenvalue weighted by Gasteiger charge is 2.44. The summed E-state index contributed by atoms with van der Waals surface area (Å²) in [5.41, 5.74) is 1.62. The Labute approximate surface area is 207 Å². The van der Waals surface area contributed by atoms with Gasteiger partial charge in [0.1, 0.15) is 6.23 Å². The Morgan fingerprint density at radius 1 is 1.09 bits per heavy atom. The van der Waals surface area contributed by atoms with Crippen LogP contribution in [-0.4, -0.2) is 46.2 Å². The van der Waals surface area contributed by atoms with Gasteiger partial charge in [-0.1, -0.05) is 27.7 Å². The van der Waals surface area contributed by atoms with Gasteiger partial charge < -0.3 is 23.8 Å². The summed E-state index contributed by atoms with van der Waals surface area (Å²) in [6.45, 7) is 10.3. The zero-order chi connectivity index (χ0) is 24.5. The van der Waals surface area contributed by atoms with Gasteiger partial charge in [0.25, 0.3) is 11.8 Å². The molecule has 2 aromatic rings. The number of amides is 2. The molecule has 0 radical (unpaired) electrons. The highest BCUT2D eigenvalue weighted by atomic mass is 79.9. The molecule has 1 saturated heterocycles. The summed E-state index contributed by atoms with van der Waals surface area (Å²) in [4.78, 5) is 26.9. The molecule has 2 amide bonds. The largest absolute Gasteiger partial charge is 0.454 e. The van der Waals surface area contributed by atoms with E-state index in [9.17, 15) is 14.6 Å². The van der Waals surface area contributed by atoms with Gasteiger partial charge in [-0.3, -0.25) is 14.4 Å². The fraction of sp³-hybridized carbons (Fsp3) is 0.500. The van der Waals surface area contributed by atoms with E-state index in [0.717, 1.165) is 22.1 Å². The molecule has 5 unspecified atom stereocenters. The SMILES string of the molecule is CCC1OC(n2cc(C3=C(Br)C(=O)N(B(C)O)C3=O)c3cc4c(cc32)OCO4)C(C)C(C)C1C. The molecule has 1 N–H and O–H groups in total. The molecule has 1 aromatic carbocycles. The summed E-state index contributed by atoms with van der Waals surface area (Å²) < 4.78 is 20.0. The van der Waals surface area contributed by atoms with Crippen LogP contribution in [0.15, 0.2) is 22.8 Å². The number of benzene rings is 1. The van der Waals surface area contributed by atoms with Crippen LogP contribution >= 0.6 is 15.9 Å². The minimum absolute atomic E-state index is 0.109. The second-order valence-corrected chi connectivity index (χ2v) is 10.3. The molecule has 180 valence electrons. The Hall–Kier alpha value is -2.30. The van der Waals surface area contributed by atoms with Crippen molar-refractivity contribution in [1.29, 1.82) is 0 Å². The van der Waals surface area contributed by atoms with Gasteiger partial charge in [0.15, 0.2) is 11.5 Å². The van der Waals surface area contributed by atoms with Crippen LogP contribution in [0.4, 0.5) is 0 Å². The summed E-state index contributed by atoms with van der Waals surface area (Å²) in [6.07, 6.45) is 2.63. The first-order valence-corrected chi connectivity index (χ1v) is 12.5. The lowest BCUT2D eigenvalue weighted by Gasteiger charge is -2.44. The van der Waals surface area contributed by atoms with E-state index in [-0.39, 0.29) is 35.1 Å². The number of hydrogen-bond donors (Lipinski definition) is 1. The number of hydrogen-bond acceptors (Lipinski definition) is 6. The van der Waals surface area contributed by atoms with Crippen molar-refractivity contribution in [2.24, 2.45) is 17.8 Å². The molecule has 1 aromatic heterocycles. The van der Waals surface area contributed by atoms with Crippen molar-refractivity contribution in [3.8, 4) is 11.5 Å². The van der Waals surface area contributed by atoms with E-state index in [0.29, 0.717) is 28.9 Å². The molecule has 4 heterocycles. The fourth-order valence-electron chi connectivity index (χ4n) is 5.43. The van der Waals surface area contributed by atoms with Crippen molar-refractivity contribution < 1.29 is 28.8 Å². The lowest BCUT2D eigenvalue weighted by atomic mass is 9.77. The molecule has 0 bridgehead atoms. The van der Waals surface area contributed by atoms with Crippen LogP contribution in [0.25, 0.3) is 16.5 Å². The van der Waals surface area contributed by atoms with E-state index in [1.54, 1.807) is 0 Å². The summed E-state index contributed by atoms with van der Waals surface area (Å²) in [5, 5.41) is 10.8. The number of ether oxygens (including phenoxy) is 3. The maximum absolute atomic E-state index is 13.2. The van der Waals surface area contributed by atoms with Gasteiger partial charge in [-0.05, 0) is 47.1 Å². The standard InChI is InChI=1S/C24H28BBrN2O6/c1-6-17-12(3)11(2)13(4)24(34-17)27-9-15(14-7-18-19(8-16(14)27)33-10-32-18)20-21(26)23(30)28(22(20)29)25(5)31/h7-9,11-13,17,24,31H,6,10H2,1-5H3. The third kappa shape index (κ3) is 3.33. The van der Waals surface area contributed by atoms with E-state index < -0.39 is 18.9 Å². The maximum Gasteiger partial charge on any atom is 0.419 e. The number of carbonyl (C=O) groups is 2. The first kappa shape index (κ1) is 23.4. The van der Waals surface area contributed by atoms with Gasteiger partial charge in [-0.15, -0.1) is 0 Å². The molecule has 34 heavy (non-hydrogen) atoms. The fourth-order valence-corrected chi connectivity index (χ4v) is 6.01. The Balaban J connectivity index is 1.71. The van der Waals surface area contributed by atoms with E-state index in [1.807, 2.05) is 18.3 Å². The number of aromatic nitrogens is 1. The Kier molecular flexibility index (Phi) is 5.81. The van der Waals surface area contributed by atoms with E-state index >= 15 is 0 Å². The third-order valence-corrected chi connectivity index (χ3v) is 8.45. The van der Waals surface area contributed by atoms with Crippen LogP contribution in [0.1, 0.15) is 45.9 Å². The van der Waals surface area contributed by atoms with Crippen LogP contribution in [0.3, 0.4) is 0 Å². The highest BCUT2D eigenvalue weighted by Crippen LogP contribution is 2.47. The lowest BCUT2D eigenvalue weighted by molar-refractivity contribution is -0.166. The van der Waals surface area contributed by atoms with Crippen LogP contribution < -0.4 is 9.47 Å². The van der Waals surface area contributed by atoms with Crippen molar-refractivity contribution in [3.63, 3.8) is 0 Å². The highest BCUT2D eigenvalue weighted by molar-refractivity contribution is 9.12. The molecule has 10 heteroatoms. The van der Waals surface area contributed by atoms with Gasteiger partial charge in [0.05, 0.1) is 21.7 Å². The second-order valence-electron chi connectivity index (χ2n) is 9.52. The van der Waals surface area contributed by atoms with E-state index in [4.69, 9.17) is 14.2 Å². The number of halogens is 1. The lowest BCUT2D eigenvalue weighted by Crippen LogP contribution is -2.42. The van der Waals surface area contributed by atoms with Gasteiger partial charge in [0.2, 0.25) is 6.79 Å². The molecule has 0 aliphatic carbocycles. The molecule has 0 saturated carbocycles. The number of rotatable bonds is 4. The summed E-state index contributed by atoms with van der Waals surface area (Å²) in [5.74, 6) is 1.15. The van der Waals surface area contributed by atoms with Gasteiger partial charge in [-0.25, -0.2) is 0 Å². The monoisotopic (exact) mass is 530 g/mol. The summed E-state index contributed by atoms with van der Waals surface area (Å²) >= 11 is 3.32. The molecule has 8 nitrogen and oxygen atoms in total. The van der Waals surface area contributed by atoms with Crippen molar-refractivity contribution in [1.82, 2.24) is 9.38 Å². The minimum Gasteiger partial charge on any atom is -0.454 e. The Morgan fingerprint density at radius 3 is 2.38 bits per heavy atom. The first-order chi connectivity index (χ1) is 16.1. The number of nitrogens with zero attached hydrogens (tertiary/aromatic N) is 2. The average Bonchev–Trinajstić information content (AvgIpc) is 3.46. The third-order valence-electron chi connectivity index (χ3n) is 7.71. The molecule has 5 rings (SSSR count). The summed E-state index contributed by atoms with van der Waals surface area (Å²) in [6, 6.07) is 3.75.